The average Bonchev–Trinajstić information content (AvgIpc) is 3.11. The maximum atomic E-state index is 15.2. The van der Waals surface area contributed by atoms with Gasteiger partial charge in [0.25, 0.3) is 17.7 Å². The van der Waals surface area contributed by atoms with Gasteiger partial charge in [-0.3, -0.25) is 14.4 Å². The number of amides is 3. The molecule has 2 aromatic rings. The van der Waals surface area contributed by atoms with Gasteiger partial charge in [0, 0.05) is 17.7 Å². The fourth-order valence-electron chi connectivity index (χ4n) is 5.06. The van der Waals surface area contributed by atoms with Crippen LogP contribution in [0.2, 0.25) is 0 Å². The van der Waals surface area contributed by atoms with Crippen molar-refractivity contribution in [2.45, 2.75) is 78.5 Å². The number of benzene rings is 2. The van der Waals surface area contributed by atoms with Crippen molar-refractivity contribution < 1.29 is 33.4 Å². The normalized spacial score (nSPS) is 19.7. The molecular weight excluding hydrogens is 532 g/mol. The Morgan fingerprint density at radius 2 is 1.76 bits per heavy atom. The molecule has 4 N–H and O–H groups in total. The summed E-state index contributed by atoms with van der Waals surface area (Å²) in [5.41, 5.74) is -0.135. The number of carbonyl (C=O) groups excluding carboxylic acids is 3. The van der Waals surface area contributed by atoms with Crippen molar-refractivity contribution in [2.75, 3.05) is 13.1 Å². The Balaban J connectivity index is 1.95. The molecule has 4 atom stereocenters. The zero-order chi connectivity index (χ0) is 30.7. The minimum absolute atomic E-state index is 0.00877. The largest absolute Gasteiger partial charge is 0.508 e. The minimum atomic E-state index is -3.41. The number of halogens is 2. The lowest BCUT2D eigenvalue weighted by atomic mass is 9.81. The minimum Gasteiger partial charge on any atom is -0.508 e. The third-order valence-corrected chi connectivity index (χ3v) is 8.18. The summed E-state index contributed by atoms with van der Waals surface area (Å²) in [6.45, 7) is 8.80. The molecule has 1 aliphatic rings. The van der Waals surface area contributed by atoms with E-state index in [9.17, 15) is 24.6 Å². The molecule has 0 saturated carbocycles. The van der Waals surface area contributed by atoms with E-state index in [0.717, 1.165) is 11.3 Å². The molecule has 0 bridgehead atoms. The number of phenols is 1. The number of aliphatic hydroxyl groups is 1. The molecule has 224 valence electrons. The number of hydrogen-bond donors (Lipinski definition) is 4. The lowest BCUT2D eigenvalue weighted by molar-refractivity contribution is -0.148. The van der Waals surface area contributed by atoms with Crippen LogP contribution in [0.5, 0.6) is 5.75 Å². The van der Waals surface area contributed by atoms with Crippen LogP contribution in [0, 0.1) is 25.2 Å². The summed E-state index contributed by atoms with van der Waals surface area (Å²) in [4.78, 5) is 41.0. The number of nitrogens with zero attached hydrogens (tertiary/aromatic N) is 1. The molecule has 41 heavy (non-hydrogen) atoms. The molecule has 0 aliphatic carbocycles. The fraction of sp³-hybridized carbons (Fsp3) is 0.516. The van der Waals surface area contributed by atoms with E-state index in [4.69, 9.17) is 0 Å². The summed E-state index contributed by atoms with van der Waals surface area (Å²) in [6, 6.07) is 9.12. The Bertz CT molecular complexity index is 1270. The van der Waals surface area contributed by atoms with Crippen molar-refractivity contribution in [3.63, 3.8) is 0 Å². The monoisotopic (exact) mass is 573 g/mol. The highest BCUT2D eigenvalue weighted by Crippen LogP contribution is 2.48. The van der Waals surface area contributed by atoms with Gasteiger partial charge < -0.3 is 25.7 Å². The second-order valence-electron chi connectivity index (χ2n) is 11.7. The first-order valence-corrected chi connectivity index (χ1v) is 13.9. The lowest BCUT2D eigenvalue weighted by Gasteiger charge is -2.34. The number of phenolic OH excluding ortho intramolecular Hbond substituents is 1. The molecular formula is C31H41F2N3O5. The van der Waals surface area contributed by atoms with Crippen molar-refractivity contribution in [3.8, 4) is 5.75 Å². The average molecular weight is 574 g/mol. The number of aromatic hydroxyl groups is 1. The van der Waals surface area contributed by atoms with E-state index in [-0.39, 0.29) is 30.2 Å². The van der Waals surface area contributed by atoms with Crippen LogP contribution in [0.4, 0.5) is 8.78 Å². The zero-order valence-electron chi connectivity index (χ0n) is 24.5. The zero-order valence-corrected chi connectivity index (χ0v) is 24.5. The fourth-order valence-corrected chi connectivity index (χ4v) is 5.06. The molecule has 1 fully saturated rings. The lowest BCUT2D eigenvalue weighted by Crippen LogP contribution is -2.58. The Kier molecular flexibility index (Phi) is 9.79. The Hall–Kier alpha value is -3.53. The summed E-state index contributed by atoms with van der Waals surface area (Å²) >= 11 is 0. The molecule has 0 aromatic heterocycles. The second kappa shape index (κ2) is 12.5. The third-order valence-electron chi connectivity index (χ3n) is 8.18. The molecule has 1 saturated heterocycles. The standard InChI is InChI=1S/C31H41F2N3O5/c1-7-18(2)16-34-28(40)26-30(5,6)31(32,33)17-36(26)29(41)25(38)23(15-21-11-9-8-10-12-21)35-27(39)22-13-19(3)14-24(37)20(22)4/h8-14,18,23,25-26,37-38H,7,15-17H2,1-6H3,(H,34,40)(H,35,39)/t18-,23-,25-,26+/m0/s1. The van der Waals surface area contributed by atoms with Gasteiger partial charge in [-0.25, -0.2) is 8.78 Å². The van der Waals surface area contributed by atoms with Crippen molar-refractivity contribution in [1.29, 1.82) is 0 Å². The smallest absolute Gasteiger partial charge is 0.272 e. The molecule has 10 heteroatoms. The number of nitrogens with one attached hydrogen (secondary N) is 2. The van der Waals surface area contributed by atoms with Crippen LogP contribution in [-0.4, -0.2) is 70.0 Å². The highest BCUT2D eigenvalue weighted by Gasteiger charge is 2.64. The SMILES string of the molecule is CC[C@H](C)CNC(=O)[C@H]1N(C(=O)[C@@H](O)[C@H](Cc2ccccc2)NC(=O)c2cc(C)cc(O)c2C)CC(F)(F)C1(C)C. The van der Waals surface area contributed by atoms with Crippen LogP contribution in [0.1, 0.15) is 61.2 Å². The summed E-state index contributed by atoms with van der Waals surface area (Å²) in [7, 11) is 0. The summed E-state index contributed by atoms with van der Waals surface area (Å²) in [5.74, 6) is -5.83. The molecule has 3 rings (SSSR count). The predicted molar refractivity (Wildman–Crippen MR) is 152 cm³/mol. The summed E-state index contributed by atoms with van der Waals surface area (Å²) in [6.07, 6.45) is -1.16. The van der Waals surface area contributed by atoms with E-state index in [2.05, 4.69) is 10.6 Å². The van der Waals surface area contributed by atoms with Gasteiger partial charge in [0.1, 0.15) is 11.8 Å². The number of rotatable bonds is 10. The van der Waals surface area contributed by atoms with Gasteiger partial charge in [0.15, 0.2) is 6.10 Å². The molecule has 3 amide bonds. The quantitative estimate of drug-likeness (QED) is 0.345. The van der Waals surface area contributed by atoms with E-state index in [1.54, 1.807) is 50.2 Å². The van der Waals surface area contributed by atoms with E-state index in [1.165, 1.54) is 19.9 Å². The van der Waals surface area contributed by atoms with Crippen LogP contribution < -0.4 is 10.6 Å². The topological polar surface area (TPSA) is 119 Å². The molecule has 0 unspecified atom stereocenters. The number of carbonyl (C=O) groups is 3. The molecule has 0 radical (unpaired) electrons. The van der Waals surface area contributed by atoms with Crippen LogP contribution in [-0.2, 0) is 16.0 Å². The van der Waals surface area contributed by atoms with Gasteiger partial charge in [-0.15, -0.1) is 0 Å². The molecule has 1 heterocycles. The number of likely N-dealkylation sites (tertiary alicyclic amines) is 1. The van der Waals surface area contributed by atoms with E-state index in [1.807, 2.05) is 13.8 Å². The third kappa shape index (κ3) is 6.86. The van der Waals surface area contributed by atoms with Gasteiger partial charge in [0.2, 0.25) is 5.91 Å². The Labute approximate surface area is 240 Å². The number of aliphatic hydroxyl groups excluding tert-OH is 1. The second-order valence-corrected chi connectivity index (χ2v) is 11.7. The van der Waals surface area contributed by atoms with E-state index >= 15 is 8.78 Å². The molecule has 0 spiro atoms. The Morgan fingerprint density at radius 1 is 1.12 bits per heavy atom. The Morgan fingerprint density at radius 3 is 2.37 bits per heavy atom. The summed E-state index contributed by atoms with van der Waals surface area (Å²) < 4.78 is 30.4. The van der Waals surface area contributed by atoms with Crippen LogP contribution in [0.25, 0.3) is 0 Å². The van der Waals surface area contributed by atoms with Gasteiger partial charge in [-0.2, -0.15) is 0 Å². The van der Waals surface area contributed by atoms with Crippen molar-refractivity contribution in [2.24, 2.45) is 11.3 Å². The number of aryl methyl sites for hydroxylation is 1. The van der Waals surface area contributed by atoms with Crippen molar-refractivity contribution in [1.82, 2.24) is 15.5 Å². The summed E-state index contributed by atoms with van der Waals surface area (Å²) in [5, 5.41) is 26.9. The first kappa shape index (κ1) is 32.0. The number of hydrogen-bond acceptors (Lipinski definition) is 5. The first-order chi connectivity index (χ1) is 19.1. The number of alkyl halides is 2. The molecule has 2 aromatic carbocycles. The maximum absolute atomic E-state index is 15.2. The van der Waals surface area contributed by atoms with Gasteiger partial charge >= 0.3 is 0 Å². The maximum Gasteiger partial charge on any atom is 0.272 e. The van der Waals surface area contributed by atoms with Crippen LogP contribution >= 0.6 is 0 Å². The van der Waals surface area contributed by atoms with E-state index in [0.29, 0.717) is 16.7 Å². The van der Waals surface area contributed by atoms with Crippen LogP contribution in [0.15, 0.2) is 42.5 Å². The molecule has 1 aliphatic heterocycles. The van der Waals surface area contributed by atoms with Gasteiger partial charge in [-0.1, -0.05) is 64.4 Å². The van der Waals surface area contributed by atoms with Gasteiger partial charge in [0.05, 0.1) is 18.0 Å². The predicted octanol–water partition coefficient (Wildman–Crippen LogP) is 3.75. The molecule has 8 nitrogen and oxygen atoms in total. The highest BCUT2D eigenvalue weighted by atomic mass is 19.3. The van der Waals surface area contributed by atoms with Crippen molar-refractivity contribution >= 4 is 17.7 Å². The van der Waals surface area contributed by atoms with Crippen LogP contribution in [0.3, 0.4) is 0 Å². The van der Waals surface area contributed by atoms with Crippen molar-refractivity contribution in [3.05, 3.63) is 64.7 Å². The van der Waals surface area contributed by atoms with Gasteiger partial charge in [-0.05, 0) is 49.4 Å². The first-order valence-electron chi connectivity index (χ1n) is 13.9. The highest BCUT2D eigenvalue weighted by molar-refractivity contribution is 5.97. The van der Waals surface area contributed by atoms with E-state index < -0.39 is 53.8 Å².